The molecule has 0 saturated heterocycles. The molecule has 2 N–H and O–H groups in total. The van der Waals surface area contributed by atoms with Gasteiger partial charge in [-0.05, 0) is 36.8 Å². The fourth-order valence-corrected chi connectivity index (χ4v) is 2.78. The summed E-state index contributed by atoms with van der Waals surface area (Å²) < 4.78 is 2.51. The molecule has 24 heavy (non-hydrogen) atoms. The van der Waals surface area contributed by atoms with Crippen LogP contribution in [-0.4, -0.2) is 15.5 Å². The van der Waals surface area contributed by atoms with Gasteiger partial charge in [-0.3, -0.25) is 9.36 Å². The second-order valence-electron chi connectivity index (χ2n) is 5.44. The maximum absolute atomic E-state index is 12.3. The van der Waals surface area contributed by atoms with Gasteiger partial charge in [0, 0.05) is 16.4 Å². The first-order chi connectivity index (χ1) is 11.5. The van der Waals surface area contributed by atoms with Crippen LogP contribution in [0.25, 0.3) is 5.69 Å². The van der Waals surface area contributed by atoms with Crippen molar-refractivity contribution in [2.75, 3.05) is 5.32 Å². The average molecular weight is 386 g/mol. The van der Waals surface area contributed by atoms with Gasteiger partial charge < -0.3 is 10.3 Å². The number of carbonyl (C=O) groups is 1. The molecule has 0 bridgehead atoms. The zero-order chi connectivity index (χ0) is 17.1. The zero-order valence-electron chi connectivity index (χ0n) is 13.0. The summed E-state index contributed by atoms with van der Waals surface area (Å²) in [6.07, 6.45) is 1.91. The molecular formula is C18H16BrN3O2. The molecule has 0 spiro atoms. The minimum Gasteiger partial charge on any atom is -0.324 e. The molecule has 0 saturated carbocycles. The number of H-pyrrole nitrogens is 1. The van der Waals surface area contributed by atoms with Gasteiger partial charge in [0.15, 0.2) is 0 Å². The minimum atomic E-state index is -0.234. The lowest BCUT2D eigenvalue weighted by molar-refractivity contribution is -0.115. The van der Waals surface area contributed by atoms with Gasteiger partial charge in [0.05, 0.1) is 17.8 Å². The van der Waals surface area contributed by atoms with E-state index in [4.69, 9.17) is 0 Å². The first kappa shape index (κ1) is 16.3. The molecule has 5 nitrogen and oxygen atoms in total. The molecule has 3 aromatic rings. The lowest BCUT2D eigenvalue weighted by Crippen LogP contribution is -2.20. The van der Waals surface area contributed by atoms with Gasteiger partial charge in [-0.2, -0.15) is 0 Å². The predicted octanol–water partition coefficient (Wildman–Crippen LogP) is 3.42. The van der Waals surface area contributed by atoms with Crippen LogP contribution in [0.5, 0.6) is 0 Å². The Morgan fingerprint density at radius 1 is 1.17 bits per heavy atom. The highest BCUT2D eigenvalue weighted by Crippen LogP contribution is 2.20. The number of anilines is 1. The maximum Gasteiger partial charge on any atom is 0.330 e. The Morgan fingerprint density at radius 3 is 2.54 bits per heavy atom. The molecule has 0 fully saturated rings. The van der Waals surface area contributed by atoms with Crippen molar-refractivity contribution in [1.29, 1.82) is 0 Å². The number of carbonyl (C=O) groups excluding carboxylic acids is 1. The van der Waals surface area contributed by atoms with E-state index in [0.29, 0.717) is 11.4 Å². The number of nitrogens with one attached hydrogen (secondary N) is 2. The van der Waals surface area contributed by atoms with Crippen molar-refractivity contribution < 1.29 is 4.79 Å². The molecule has 0 atom stereocenters. The summed E-state index contributed by atoms with van der Waals surface area (Å²) in [7, 11) is 0. The van der Waals surface area contributed by atoms with Gasteiger partial charge >= 0.3 is 5.69 Å². The van der Waals surface area contributed by atoms with Crippen LogP contribution < -0.4 is 11.0 Å². The van der Waals surface area contributed by atoms with Crippen molar-refractivity contribution in [3.63, 3.8) is 0 Å². The fourth-order valence-electron chi connectivity index (χ4n) is 2.51. The summed E-state index contributed by atoms with van der Waals surface area (Å²) in [4.78, 5) is 27.0. The van der Waals surface area contributed by atoms with Crippen LogP contribution in [0.3, 0.4) is 0 Å². The van der Waals surface area contributed by atoms with Crippen LogP contribution in [0.15, 0.2) is 64.0 Å². The van der Waals surface area contributed by atoms with Crippen LogP contribution in [0.2, 0.25) is 0 Å². The van der Waals surface area contributed by atoms with Crippen LogP contribution in [0.1, 0.15) is 11.3 Å². The third kappa shape index (κ3) is 3.49. The van der Waals surface area contributed by atoms with Gasteiger partial charge in [-0.15, -0.1) is 0 Å². The average Bonchev–Trinajstić information content (AvgIpc) is 2.89. The van der Waals surface area contributed by atoms with Crippen molar-refractivity contribution in [2.45, 2.75) is 13.3 Å². The maximum atomic E-state index is 12.3. The molecule has 1 amide bonds. The molecule has 0 unspecified atom stereocenters. The Morgan fingerprint density at radius 2 is 1.88 bits per heavy atom. The molecule has 1 aromatic heterocycles. The Hall–Kier alpha value is -2.60. The topological polar surface area (TPSA) is 66.9 Å². The highest BCUT2D eigenvalue weighted by atomic mass is 79.9. The van der Waals surface area contributed by atoms with Crippen molar-refractivity contribution in [3.05, 3.63) is 80.9 Å². The van der Waals surface area contributed by atoms with E-state index >= 15 is 0 Å². The molecule has 6 heteroatoms. The molecule has 1 heterocycles. The summed E-state index contributed by atoms with van der Waals surface area (Å²) >= 11 is 3.37. The van der Waals surface area contributed by atoms with Crippen LogP contribution in [-0.2, 0) is 11.2 Å². The quantitative estimate of drug-likeness (QED) is 0.722. The summed E-state index contributed by atoms with van der Waals surface area (Å²) in [6, 6.07) is 14.8. The summed E-state index contributed by atoms with van der Waals surface area (Å²) in [5.41, 5.74) is 2.70. The number of benzene rings is 2. The van der Waals surface area contributed by atoms with Gasteiger partial charge in [0.25, 0.3) is 0 Å². The molecule has 122 valence electrons. The van der Waals surface area contributed by atoms with E-state index in [0.717, 1.165) is 15.7 Å². The lowest BCUT2D eigenvalue weighted by Gasteiger charge is -2.12. The molecule has 0 aliphatic heterocycles. The summed E-state index contributed by atoms with van der Waals surface area (Å²) in [5, 5.41) is 2.89. The number of aryl methyl sites for hydroxylation is 1. The molecule has 0 aliphatic carbocycles. The number of aromatic amines is 1. The number of para-hydroxylation sites is 2. The van der Waals surface area contributed by atoms with E-state index in [1.807, 2.05) is 43.3 Å². The largest absolute Gasteiger partial charge is 0.330 e. The molecule has 2 aromatic carbocycles. The van der Waals surface area contributed by atoms with Gasteiger partial charge in [0.2, 0.25) is 5.91 Å². The number of nitrogens with zero attached hydrogens (tertiary/aromatic N) is 1. The second-order valence-corrected chi connectivity index (χ2v) is 6.35. The Labute approximate surface area is 147 Å². The third-order valence-corrected chi connectivity index (χ3v) is 4.19. The SMILES string of the molecule is Cc1c[nH]c(=O)n1-c1ccccc1NC(=O)Cc1ccc(Br)cc1. The van der Waals surface area contributed by atoms with E-state index in [9.17, 15) is 9.59 Å². The minimum absolute atomic E-state index is 0.133. The van der Waals surface area contributed by atoms with Crippen molar-refractivity contribution >= 4 is 27.5 Å². The van der Waals surface area contributed by atoms with Crippen LogP contribution in [0, 0.1) is 6.92 Å². The van der Waals surface area contributed by atoms with Crippen molar-refractivity contribution in [2.24, 2.45) is 0 Å². The van der Waals surface area contributed by atoms with Gasteiger partial charge in [-0.1, -0.05) is 40.2 Å². The van der Waals surface area contributed by atoms with E-state index in [2.05, 4.69) is 26.2 Å². The third-order valence-electron chi connectivity index (χ3n) is 3.66. The van der Waals surface area contributed by atoms with Gasteiger partial charge in [0.1, 0.15) is 0 Å². The second kappa shape index (κ2) is 6.88. The summed E-state index contributed by atoms with van der Waals surface area (Å²) in [5.74, 6) is -0.133. The molecule has 0 radical (unpaired) electrons. The highest BCUT2D eigenvalue weighted by molar-refractivity contribution is 9.10. The van der Waals surface area contributed by atoms with Crippen LogP contribution >= 0.6 is 15.9 Å². The number of hydrogen-bond acceptors (Lipinski definition) is 2. The van der Waals surface area contributed by atoms with Gasteiger partial charge in [-0.25, -0.2) is 4.79 Å². The first-order valence-corrected chi connectivity index (χ1v) is 8.24. The number of imidazole rings is 1. The zero-order valence-corrected chi connectivity index (χ0v) is 14.6. The monoisotopic (exact) mass is 385 g/mol. The highest BCUT2D eigenvalue weighted by Gasteiger charge is 2.12. The first-order valence-electron chi connectivity index (χ1n) is 7.45. The number of halogens is 1. The summed E-state index contributed by atoms with van der Waals surface area (Å²) in [6.45, 7) is 1.83. The predicted molar refractivity (Wildman–Crippen MR) is 97.6 cm³/mol. The Kier molecular flexibility index (Phi) is 4.66. The number of amides is 1. The lowest BCUT2D eigenvalue weighted by atomic mass is 10.1. The Balaban J connectivity index is 1.84. The van der Waals surface area contributed by atoms with E-state index in [-0.39, 0.29) is 18.0 Å². The fraction of sp³-hybridized carbons (Fsp3) is 0.111. The van der Waals surface area contributed by atoms with E-state index < -0.39 is 0 Å². The van der Waals surface area contributed by atoms with Crippen molar-refractivity contribution in [1.82, 2.24) is 9.55 Å². The molecular weight excluding hydrogens is 370 g/mol. The van der Waals surface area contributed by atoms with E-state index in [1.54, 1.807) is 18.3 Å². The normalized spacial score (nSPS) is 10.6. The molecule has 0 aliphatic rings. The number of hydrogen-bond donors (Lipinski definition) is 2. The van der Waals surface area contributed by atoms with Crippen LogP contribution in [0.4, 0.5) is 5.69 Å². The van der Waals surface area contributed by atoms with Crippen molar-refractivity contribution in [3.8, 4) is 5.69 Å². The number of rotatable bonds is 4. The Bertz CT molecular complexity index is 926. The molecule has 3 rings (SSSR count). The smallest absolute Gasteiger partial charge is 0.324 e. The standard InChI is InChI=1S/C18H16BrN3O2/c1-12-11-20-18(24)22(12)16-5-3-2-4-15(16)21-17(23)10-13-6-8-14(19)9-7-13/h2-9,11H,10H2,1H3,(H,20,24)(H,21,23). The van der Waals surface area contributed by atoms with E-state index in [1.165, 1.54) is 4.57 Å². The number of aromatic nitrogens is 2.